The number of rotatable bonds is 0. The van der Waals surface area contributed by atoms with Crippen LogP contribution in [0, 0.1) is 5.41 Å². The normalized spacial score (nSPS) is 22.0. The molecule has 10 aliphatic rings. The van der Waals surface area contributed by atoms with Gasteiger partial charge in [0.05, 0.1) is 68.0 Å². The highest BCUT2D eigenvalue weighted by Gasteiger charge is 2.42. The van der Waals surface area contributed by atoms with Crippen LogP contribution in [0.3, 0.4) is 0 Å². The Morgan fingerprint density at radius 3 is 1.75 bits per heavy atom. The van der Waals surface area contributed by atoms with Crippen LogP contribution in [-0.4, -0.2) is 141 Å². The Morgan fingerprint density at radius 2 is 1.16 bits per heavy atom. The molecular formula is C60H70N4O11S8. The number of hydrogen-bond acceptors (Lipinski definition) is 19. The number of para-hydroxylation sites is 3. The minimum absolute atomic E-state index is 0.0637. The second-order valence-electron chi connectivity index (χ2n) is 20.1. The molecule has 3 saturated heterocycles. The van der Waals surface area contributed by atoms with Gasteiger partial charge >= 0.3 is 0 Å². The molecule has 83 heavy (non-hydrogen) atoms. The van der Waals surface area contributed by atoms with Gasteiger partial charge in [-0.3, -0.25) is 13.8 Å². The van der Waals surface area contributed by atoms with Gasteiger partial charge in [0.25, 0.3) is 0 Å². The molecule has 6 aromatic carbocycles. The first-order valence-corrected chi connectivity index (χ1v) is 37.5. The summed E-state index contributed by atoms with van der Waals surface area (Å²) in [6.45, 7) is 11.5. The van der Waals surface area contributed by atoms with E-state index in [1.54, 1.807) is 30.1 Å². The molecule has 3 N–H and O–H groups in total. The van der Waals surface area contributed by atoms with Crippen molar-refractivity contribution in [1.29, 1.82) is 0 Å². The molecule has 0 radical (unpaired) electrons. The SMILES string of the molecule is C1CC2(C1)CNC2.C1CN2CCOCC2CN1.O=S1(=O)C=COc2ccccc21.O=S1(=O)CCS(=O)(=O)c2ccccc21.O=S1CCOc2ccccc21.c1ccc2c(c1)CNS2.c1ccc2c(c1)OCCS2.c1ccc2c(c1)SCCS2. The fourth-order valence-electron chi connectivity index (χ4n) is 9.62. The Morgan fingerprint density at radius 1 is 0.578 bits per heavy atom. The Bertz CT molecular complexity index is 3290. The van der Waals surface area contributed by atoms with Crippen molar-refractivity contribution in [2.75, 3.05) is 100 Å². The van der Waals surface area contributed by atoms with Gasteiger partial charge in [-0.15, -0.1) is 35.3 Å². The highest BCUT2D eigenvalue weighted by molar-refractivity contribution is 8.05. The summed E-state index contributed by atoms with van der Waals surface area (Å²) in [5.41, 5.74) is 2.25. The molecule has 0 bridgehead atoms. The van der Waals surface area contributed by atoms with Crippen molar-refractivity contribution >= 4 is 87.5 Å². The predicted molar refractivity (Wildman–Crippen MR) is 335 cm³/mol. The number of hydrogen-bond donors (Lipinski definition) is 3. The molecule has 2 unspecified atom stereocenters. The number of benzene rings is 6. The number of ether oxygens (including phenoxy) is 4. The monoisotopic (exact) mass is 1280 g/mol. The standard InChI is InChI=1S/C8H8O4S2.C8H6O3S.C8H8O2S.C8H8OS.C8H8S2.C7H14N2O.C7H7NS.C6H11N/c9-13(10)5-6-14(11,12)8-4-2-1-3-7(8)13;9-12(10)6-5-11-7-3-1-2-4-8(7)12;9-11-6-5-10-7-3-1-2-4-8(7)11;2*1-2-4-8-7(3-1)9-5-6-10-8;1-2-9-3-4-10-6-7(9)5-8-1;1-2-4-7-6(3-1)5-8-9-7;1-2-6(3-1)4-7-5-6/h1-4H,5-6H2;1-6H;1-4H,5-6H2;2*1-4H,5-6H2;7-8H,1-6H2;1-4,8H,5H2;7H,1-5H2. The Balaban J connectivity index is 0.000000115. The minimum atomic E-state index is -3.39. The van der Waals surface area contributed by atoms with E-state index in [4.69, 9.17) is 18.9 Å². The number of fused-ring (bicyclic) bond motifs is 7. The molecule has 16 rings (SSSR count). The first-order valence-electron chi connectivity index (χ1n) is 27.5. The summed E-state index contributed by atoms with van der Waals surface area (Å²) < 4.78 is 104. The van der Waals surface area contributed by atoms with E-state index in [0.29, 0.717) is 24.2 Å². The lowest BCUT2D eigenvalue weighted by Gasteiger charge is -2.49. The molecule has 15 nitrogen and oxygen atoms in total. The van der Waals surface area contributed by atoms with Crippen LogP contribution in [0.2, 0.25) is 0 Å². The predicted octanol–water partition coefficient (Wildman–Crippen LogP) is 9.66. The minimum Gasteiger partial charge on any atom is -0.492 e. The van der Waals surface area contributed by atoms with Gasteiger partial charge in [-0.05, 0) is 102 Å². The number of morpholine rings is 1. The Hall–Kier alpha value is -4.34. The van der Waals surface area contributed by atoms with E-state index in [0.717, 1.165) is 79.0 Å². The fourth-order valence-corrected chi connectivity index (χ4v) is 19.8. The largest absolute Gasteiger partial charge is 0.492 e. The quantitative estimate of drug-likeness (QED) is 0.122. The topological polar surface area (TPSA) is 196 Å². The number of sulfone groups is 3. The molecule has 9 aliphatic heterocycles. The molecule has 0 aromatic heterocycles. The summed E-state index contributed by atoms with van der Waals surface area (Å²) >= 11 is 7.52. The zero-order valence-corrected chi connectivity index (χ0v) is 52.5. The van der Waals surface area contributed by atoms with Gasteiger partial charge in [0, 0.05) is 88.7 Å². The number of thioether (sulfide) groups is 3. The molecule has 23 heteroatoms. The summed E-state index contributed by atoms with van der Waals surface area (Å²) in [4.78, 5) is 9.01. The van der Waals surface area contributed by atoms with Crippen LogP contribution < -0.4 is 29.6 Å². The molecule has 4 fully saturated rings. The summed E-state index contributed by atoms with van der Waals surface area (Å²) in [6.07, 6.45) is 5.67. The molecular weight excluding hydrogens is 1210 g/mol. The van der Waals surface area contributed by atoms with Crippen LogP contribution in [0.4, 0.5) is 0 Å². The third kappa shape index (κ3) is 17.9. The van der Waals surface area contributed by atoms with Gasteiger partial charge in [-0.2, -0.15) is 0 Å². The van der Waals surface area contributed by atoms with E-state index in [1.807, 2.05) is 77.8 Å². The summed E-state index contributed by atoms with van der Waals surface area (Å²) in [5.74, 6) is 5.81. The third-order valence-electron chi connectivity index (χ3n) is 14.4. The maximum Gasteiger partial charge on any atom is 0.206 e. The lowest BCUT2D eigenvalue weighted by molar-refractivity contribution is -0.0168. The van der Waals surface area contributed by atoms with Gasteiger partial charge in [0.2, 0.25) is 9.84 Å². The van der Waals surface area contributed by atoms with Crippen molar-refractivity contribution < 1.29 is 48.4 Å². The van der Waals surface area contributed by atoms with E-state index in [-0.39, 0.29) is 26.2 Å². The van der Waals surface area contributed by atoms with Crippen LogP contribution in [0.5, 0.6) is 17.2 Å². The van der Waals surface area contributed by atoms with Crippen LogP contribution in [0.15, 0.2) is 196 Å². The van der Waals surface area contributed by atoms with Crippen molar-refractivity contribution in [2.45, 2.75) is 71.0 Å². The van der Waals surface area contributed by atoms with Crippen LogP contribution in [0.1, 0.15) is 24.8 Å². The maximum atomic E-state index is 11.5. The van der Waals surface area contributed by atoms with E-state index in [1.165, 1.54) is 112 Å². The second-order valence-corrected chi connectivity index (χ2v) is 31.9. The number of piperazine rings is 1. The Labute approximate surface area is 509 Å². The number of nitrogens with zero attached hydrogens (tertiary/aromatic N) is 1. The van der Waals surface area contributed by atoms with E-state index >= 15 is 0 Å². The van der Waals surface area contributed by atoms with Gasteiger partial charge in [-0.25, -0.2) is 25.3 Å². The maximum absolute atomic E-state index is 11.5. The zero-order valence-electron chi connectivity index (χ0n) is 45.9. The van der Waals surface area contributed by atoms with E-state index in [9.17, 15) is 29.5 Å². The first-order chi connectivity index (χ1) is 40.3. The van der Waals surface area contributed by atoms with Crippen molar-refractivity contribution in [1.82, 2.24) is 20.3 Å². The first kappa shape index (κ1) is 63.2. The van der Waals surface area contributed by atoms with Crippen LogP contribution in [0.25, 0.3) is 0 Å². The molecule has 0 amide bonds. The second kappa shape index (κ2) is 30.8. The summed E-state index contributed by atoms with van der Waals surface area (Å²) in [6, 6.07) is 45.6. The molecule has 1 spiro atoms. The van der Waals surface area contributed by atoms with E-state index < -0.39 is 40.3 Å². The zero-order chi connectivity index (χ0) is 58.0. The highest BCUT2D eigenvalue weighted by Crippen LogP contribution is 2.43. The van der Waals surface area contributed by atoms with Gasteiger partial charge in [-0.1, -0.05) is 85.3 Å². The van der Waals surface area contributed by atoms with Gasteiger partial charge in [0.1, 0.15) is 35.0 Å². The molecule has 1 aliphatic carbocycles. The average molecular weight is 1280 g/mol. The highest BCUT2D eigenvalue weighted by atomic mass is 32.2. The molecule has 444 valence electrons. The van der Waals surface area contributed by atoms with E-state index in [2.05, 4.69) is 74.9 Å². The van der Waals surface area contributed by atoms with Gasteiger partial charge in [0.15, 0.2) is 19.7 Å². The molecule has 1 saturated carbocycles. The summed E-state index contributed by atoms with van der Waals surface area (Å²) in [5, 5.41) is 7.72. The van der Waals surface area contributed by atoms with Crippen LogP contribution in [-0.2, 0) is 51.6 Å². The molecule has 6 aromatic rings. The lowest BCUT2D eigenvalue weighted by atomic mass is 9.65. The Kier molecular flexibility index (Phi) is 23.5. The lowest BCUT2D eigenvalue weighted by Crippen LogP contribution is -2.57. The van der Waals surface area contributed by atoms with Gasteiger partial charge < -0.3 is 29.6 Å². The number of nitrogens with one attached hydrogen (secondary N) is 3. The van der Waals surface area contributed by atoms with Crippen LogP contribution >= 0.6 is 47.2 Å². The average Bonchev–Trinajstić information content (AvgIpc) is 4.17. The third-order valence-corrected chi connectivity index (χ3v) is 25.6. The van der Waals surface area contributed by atoms with Crippen molar-refractivity contribution in [3.05, 3.63) is 163 Å². The van der Waals surface area contributed by atoms with Crippen molar-refractivity contribution in [2.24, 2.45) is 5.41 Å². The smallest absolute Gasteiger partial charge is 0.206 e. The van der Waals surface area contributed by atoms with Crippen molar-refractivity contribution in [3.8, 4) is 17.2 Å². The molecule has 2 atom stereocenters. The van der Waals surface area contributed by atoms with Crippen molar-refractivity contribution in [3.63, 3.8) is 0 Å². The molecule has 9 heterocycles. The fraction of sp³-hybridized carbons (Fsp3) is 0.367. The summed E-state index contributed by atoms with van der Waals surface area (Å²) in [7, 11) is -10.9.